The fourth-order valence-electron chi connectivity index (χ4n) is 0.897. The predicted molar refractivity (Wildman–Crippen MR) is 46.6 cm³/mol. The van der Waals surface area contributed by atoms with Gasteiger partial charge in [0.15, 0.2) is 0 Å². The number of aromatic nitrogens is 3. The molecule has 0 spiro atoms. The first-order valence-corrected chi connectivity index (χ1v) is 3.81. The first kappa shape index (κ1) is 7.72. The number of hydrogen-bond donors (Lipinski definition) is 1. The van der Waals surface area contributed by atoms with Crippen LogP contribution < -0.4 is 5.32 Å². The fraction of sp³-hybridized carbons (Fsp3) is 0.125. The van der Waals surface area contributed by atoms with Gasteiger partial charge in [-0.05, 0) is 13.0 Å². The summed E-state index contributed by atoms with van der Waals surface area (Å²) >= 11 is 0. The summed E-state index contributed by atoms with van der Waals surface area (Å²) in [6.07, 6.45) is 4.85. The van der Waals surface area contributed by atoms with Crippen LogP contribution in [0.4, 0.5) is 11.6 Å². The van der Waals surface area contributed by atoms with Gasteiger partial charge in [0.1, 0.15) is 17.6 Å². The van der Waals surface area contributed by atoms with Crippen LogP contribution in [0.15, 0.2) is 29.2 Å². The van der Waals surface area contributed by atoms with E-state index in [1.165, 1.54) is 6.26 Å². The number of nitrogens with one attached hydrogen (secondary N) is 1. The van der Waals surface area contributed by atoms with Gasteiger partial charge in [0.2, 0.25) is 5.95 Å². The summed E-state index contributed by atoms with van der Waals surface area (Å²) in [7, 11) is 0. The minimum Gasteiger partial charge on any atom is -0.362 e. The Morgan fingerprint density at radius 3 is 2.69 bits per heavy atom. The van der Waals surface area contributed by atoms with Crippen LogP contribution in [0.5, 0.6) is 0 Å². The molecule has 5 nitrogen and oxygen atoms in total. The summed E-state index contributed by atoms with van der Waals surface area (Å²) in [5.74, 6) is 0.536. The molecule has 0 fully saturated rings. The monoisotopic (exact) mass is 176 g/mol. The molecule has 0 amide bonds. The maximum Gasteiger partial charge on any atom is 0.227 e. The van der Waals surface area contributed by atoms with Crippen LogP contribution in [0.1, 0.15) is 5.69 Å². The van der Waals surface area contributed by atoms with Gasteiger partial charge < -0.3 is 9.84 Å². The number of hydrogen-bond acceptors (Lipinski definition) is 5. The third-order valence-corrected chi connectivity index (χ3v) is 1.56. The largest absolute Gasteiger partial charge is 0.362 e. The topological polar surface area (TPSA) is 63.8 Å². The molecule has 0 aliphatic heterocycles. The Kier molecular flexibility index (Phi) is 1.91. The minimum atomic E-state index is 0.536. The molecular weight excluding hydrogens is 168 g/mol. The molecule has 0 radical (unpaired) electrons. The molecule has 5 heteroatoms. The number of anilines is 2. The highest BCUT2D eigenvalue weighted by Gasteiger charge is 2.02. The molecule has 66 valence electrons. The summed E-state index contributed by atoms with van der Waals surface area (Å²) in [5.41, 5.74) is 1.57. The van der Waals surface area contributed by atoms with Crippen molar-refractivity contribution in [2.45, 2.75) is 6.92 Å². The number of nitrogens with zero attached hydrogens (tertiary/aromatic N) is 3. The first-order valence-electron chi connectivity index (χ1n) is 3.81. The normalized spacial score (nSPS) is 9.92. The molecule has 0 saturated heterocycles. The van der Waals surface area contributed by atoms with Crippen molar-refractivity contribution >= 4 is 11.6 Å². The van der Waals surface area contributed by atoms with Gasteiger partial charge in [0.05, 0.1) is 0 Å². The van der Waals surface area contributed by atoms with Crippen molar-refractivity contribution in [3.05, 3.63) is 30.4 Å². The maximum atomic E-state index is 4.75. The molecule has 2 heterocycles. The van der Waals surface area contributed by atoms with E-state index >= 15 is 0 Å². The van der Waals surface area contributed by atoms with Gasteiger partial charge in [-0.3, -0.25) is 0 Å². The molecule has 0 aliphatic rings. The van der Waals surface area contributed by atoms with E-state index in [-0.39, 0.29) is 0 Å². The average Bonchev–Trinajstić information content (AvgIpc) is 2.54. The third kappa shape index (κ3) is 1.64. The van der Waals surface area contributed by atoms with Crippen LogP contribution in [0.2, 0.25) is 0 Å². The number of rotatable bonds is 2. The summed E-state index contributed by atoms with van der Waals surface area (Å²) in [6.45, 7) is 1.84. The summed E-state index contributed by atoms with van der Waals surface area (Å²) in [5, 5.41) is 6.69. The van der Waals surface area contributed by atoms with Crippen LogP contribution in [-0.4, -0.2) is 15.1 Å². The van der Waals surface area contributed by atoms with Gasteiger partial charge in [0, 0.05) is 12.4 Å². The van der Waals surface area contributed by atoms with Crippen molar-refractivity contribution in [1.29, 1.82) is 0 Å². The van der Waals surface area contributed by atoms with E-state index in [4.69, 9.17) is 4.52 Å². The Bertz CT molecular complexity index is 384. The molecule has 13 heavy (non-hydrogen) atoms. The molecule has 0 atom stereocenters. The lowest BCUT2D eigenvalue weighted by Crippen LogP contribution is -1.95. The van der Waals surface area contributed by atoms with E-state index in [9.17, 15) is 0 Å². The zero-order valence-corrected chi connectivity index (χ0v) is 7.06. The fourth-order valence-corrected chi connectivity index (χ4v) is 0.897. The summed E-state index contributed by atoms with van der Waals surface area (Å²) in [4.78, 5) is 8.01. The molecule has 0 saturated carbocycles. The van der Waals surface area contributed by atoms with Gasteiger partial charge >= 0.3 is 0 Å². The van der Waals surface area contributed by atoms with Gasteiger partial charge in [-0.1, -0.05) is 5.16 Å². The van der Waals surface area contributed by atoms with Gasteiger partial charge in [0.25, 0.3) is 0 Å². The maximum absolute atomic E-state index is 4.75. The van der Waals surface area contributed by atoms with Crippen molar-refractivity contribution in [3.8, 4) is 0 Å². The second-order valence-corrected chi connectivity index (χ2v) is 2.51. The van der Waals surface area contributed by atoms with Crippen molar-refractivity contribution in [1.82, 2.24) is 15.1 Å². The van der Waals surface area contributed by atoms with Crippen LogP contribution in [0, 0.1) is 6.92 Å². The highest BCUT2D eigenvalue weighted by molar-refractivity contribution is 5.53. The summed E-state index contributed by atoms with van der Waals surface area (Å²) < 4.78 is 4.75. The molecule has 0 unspecified atom stereocenters. The lowest BCUT2D eigenvalue weighted by Gasteiger charge is -1.99. The van der Waals surface area contributed by atoms with E-state index in [2.05, 4.69) is 20.4 Å². The van der Waals surface area contributed by atoms with E-state index in [0.29, 0.717) is 5.95 Å². The Morgan fingerprint density at radius 2 is 2.08 bits per heavy atom. The molecule has 2 aromatic rings. The van der Waals surface area contributed by atoms with Gasteiger partial charge in [-0.2, -0.15) is 0 Å². The van der Waals surface area contributed by atoms with Crippen molar-refractivity contribution < 1.29 is 4.52 Å². The van der Waals surface area contributed by atoms with E-state index in [0.717, 1.165) is 11.4 Å². The first-order chi connectivity index (χ1) is 6.36. The van der Waals surface area contributed by atoms with E-state index < -0.39 is 0 Å². The standard InChI is InChI=1S/C8H8N4O/c1-6-7(5-13-12-6)11-8-9-3-2-4-10-8/h2-5H,1H3,(H,9,10,11). The average molecular weight is 176 g/mol. The van der Waals surface area contributed by atoms with Gasteiger partial charge in [-0.15, -0.1) is 0 Å². The summed E-state index contributed by atoms with van der Waals surface area (Å²) in [6, 6.07) is 1.76. The smallest absolute Gasteiger partial charge is 0.227 e. The van der Waals surface area contributed by atoms with Crippen LogP contribution in [0.25, 0.3) is 0 Å². The molecule has 0 aliphatic carbocycles. The molecule has 1 N–H and O–H groups in total. The van der Waals surface area contributed by atoms with E-state index in [1.807, 2.05) is 6.92 Å². The van der Waals surface area contributed by atoms with Crippen molar-refractivity contribution in [2.24, 2.45) is 0 Å². The highest BCUT2D eigenvalue weighted by Crippen LogP contribution is 2.15. The van der Waals surface area contributed by atoms with Crippen LogP contribution in [0.3, 0.4) is 0 Å². The van der Waals surface area contributed by atoms with Crippen molar-refractivity contribution in [2.75, 3.05) is 5.32 Å². The SMILES string of the molecule is Cc1nocc1Nc1ncccn1. The molecule has 2 aromatic heterocycles. The number of aryl methyl sites for hydroxylation is 1. The lowest BCUT2D eigenvalue weighted by atomic mass is 10.4. The van der Waals surface area contributed by atoms with E-state index in [1.54, 1.807) is 18.5 Å². The van der Waals surface area contributed by atoms with Crippen molar-refractivity contribution in [3.63, 3.8) is 0 Å². The van der Waals surface area contributed by atoms with Crippen LogP contribution in [-0.2, 0) is 0 Å². The molecular formula is C8H8N4O. The lowest BCUT2D eigenvalue weighted by molar-refractivity contribution is 0.415. The van der Waals surface area contributed by atoms with Crippen LogP contribution >= 0.6 is 0 Å². The zero-order valence-electron chi connectivity index (χ0n) is 7.06. The zero-order chi connectivity index (χ0) is 9.10. The Morgan fingerprint density at radius 1 is 1.31 bits per heavy atom. The second kappa shape index (κ2) is 3.22. The highest BCUT2D eigenvalue weighted by atomic mass is 16.5. The quantitative estimate of drug-likeness (QED) is 0.751. The second-order valence-electron chi connectivity index (χ2n) is 2.51. The Balaban J connectivity index is 2.20. The Labute approximate surface area is 74.8 Å². The molecule has 2 rings (SSSR count). The molecule has 0 aromatic carbocycles. The Hall–Kier alpha value is -1.91. The third-order valence-electron chi connectivity index (χ3n) is 1.56. The molecule has 0 bridgehead atoms. The minimum absolute atomic E-state index is 0.536. The predicted octanol–water partition coefficient (Wildman–Crippen LogP) is 1.52. The van der Waals surface area contributed by atoms with Gasteiger partial charge in [-0.25, -0.2) is 9.97 Å².